The third-order valence-electron chi connectivity index (χ3n) is 3.52. The molecular weight excluding hydrogens is 162 g/mol. The Morgan fingerprint density at radius 1 is 1.54 bits per heavy atom. The number of hydrogen-bond donors (Lipinski definition) is 1. The highest BCUT2D eigenvalue weighted by molar-refractivity contribution is 4.99. The molecule has 2 fully saturated rings. The first-order valence-corrected chi connectivity index (χ1v) is 5.18. The molecular formula is C10H17N3. The van der Waals surface area contributed by atoms with Crippen LogP contribution in [0.25, 0.3) is 0 Å². The fraction of sp³-hybridized carbons (Fsp3) is 0.900. The SMILES string of the molecule is CCC1C2CNCC2CN1CC#N. The molecule has 0 amide bonds. The van der Waals surface area contributed by atoms with Crippen LogP contribution in [-0.4, -0.2) is 37.1 Å². The predicted molar refractivity (Wildman–Crippen MR) is 51.1 cm³/mol. The monoisotopic (exact) mass is 179 g/mol. The molecule has 0 aromatic rings. The number of hydrogen-bond acceptors (Lipinski definition) is 3. The lowest BCUT2D eigenvalue weighted by molar-refractivity contribution is 0.242. The molecule has 0 radical (unpaired) electrons. The van der Waals surface area contributed by atoms with Crippen LogP contribution in [-0.2, 0) is 0 Å². The average Bonchev–Trinajstić information content (AvgIpc) is 2.64. The predicted octanol–water partition coefficient (Wildman–Crippen LogP) is 0.440. The van der Waals surface area contributed by atoms with Gasteiger partial charge in [-0.2, -0.15) is 5.26 Å². The summed E-state index contributed by atoms with van der Waals surface area (Å²) < 4.78 is 0. The highest BCUT2D eigenvalue weighted by Crippen LogP contribution is 2.33. The summed E-state index contributed by atoms with van der Waals surface area (Å²) >= 11 is 0. The van der Waals surface area contributed by atoms with E-state index in [4.69, 9.17) is 5.26 Å². The van der Waals surface area contributed by atoms with Crippen LogP contribution in [0.15, 0.2) is 0 Å². The molecule has 72 valence electrons. The first-order valence-electron chi connectivity index (χ1n) is 5.18. The maximum absolute atomic E-state index is 8.70. The zero-order chi connectivity index (χ0) is 9.26. The first-order chi connectivity index (χ1) is 6.36. The lowest BCUT2D eigenvalue weighted by Gasteiger charge is -2.23. The van der Waals surface area contributed by atoms with Crippen molar-refractivity contribution in [2.75, 3.05) is 26.2 Å². The Labute approximate surface area is 79.7 Å². The zero-order valence-corrected chi connectivity index (χ0v) is 8.16. The van der Waals surface area contributed by atoms with Crippen molar-refractivity contribution in [1.29, 1.82) is 5.26 Å². The Bertz CT molecular complexity index is 221. The average molecular weight is 179 g/mol. The molecule has 2 rings (SSSR count). The molecule has 1 N–H and O–H groups in total. The zero-order valence-electron chi connectivity index (χ0n) is 8.16. The lowest BCUT2D eigenvalue weighted by atomic mass is 9.93. The number of nitrogens with one attached hydrogen (secondary N) is 1. The van der Waals surface area contributed by atoms with Crippen molar-refractivity contribution in [3.63, 3.8) is 0 Å². The van der Waals surface area contributed by atoms with Gasteiger partial charge in [0.2, 0.25) is 0 Å². The van der Waals surface area contributed by atoms with E-state index in [1.165, 1.54) is 6.42 Å². The smallest absolute Gasteiger partial charge is 0.0868 e. The fourth-order valence-corrected chi connectivity index (χ4v) is 2.94. The lowest BCUT2D eigenvalue weighted by Crippen LogP contribution is -2.35. The Balaban J connectivity index is 2.04. The van der Waals surface area contributed by atoms with Crippen LogP contribution in [0.2, 0.25) is 0 Å². The van der Waals surface area contributed by atoms with E-state index in [-0.39, 0.29) is 0 Å². The third-order valence-corrected chi connectivity index (χ3v) is 3.52. The van der Waals surface area contributed by atoms with Gasteiger partial charge in [0.15, 0.2) is 0 Å². The maximum Gasteiger partial charge on any atom is 0.0868 e. The number of rotatable bonds is 2. The van der Waals surface area contributed by atoms with Crippen molar-refractivity contribution in [2.24, 2.45) is 11.8 Å². The number of likely N-dealkylation sites (tertiary alicyclic amines) is 1. The van der Waals surface area contributed by atoms with Gasteiger partial charge in [0.05, 0.1) is 12.6 Å². The standard InChI is InChI=1S/C10H17N3/c1-2-10-9-6-12-5-8(9)7-13(10)4-3-11/h8-10,12H,2,4-7H2,1H3. The van der Waals surface area contributed by atoms with Gasteiger partial charge in [0.25, 0.3) is 0 Å². The van der Waals surface area contributed by atoms with Gasteiger partial charge >= 0.3 is 0 Å². The molecule has 3 heteroatoms. The summed E-state index contributed by atoms with van der Waals surface area (Å²) in [5.41, 5.74) is 0. The van der Waals surface area contributed by atoms with Gasteiger partial charge in [0, 0.05) is 12.6 Å². The van der Waals surface area contributed by atoms with Crippen molar-refractivity contribution in [2.45, 2.75) is 19.4 Å². The van der Waals surface area contributed by atoms with Crippen LogP contribution in [0.5, 0.6) is 0 Å². The van der Waals surface area contributed by atoms with Crippen LogP contribution in [0.4, 0.5) is 0 Å². The second-order valence-electron chi connectivity index (χ2n) is 4.15. The summed E-state index contributed by atoms with van der Waals surface area (Å²) in [5, 5.41) is 12.1. The van der Waals surface area contributed by atoms with E-state index in [0.717, 1.165) is 31.5 Å². The van der Waals surface area contributed by atoms with E-state index in [0.29, 0.717) is 12.6 Å². The Kier molecular flexibility index (Phi) is 2.52. The van der Waals surface area contributed by atoms with Crippen LogP contribution >= 0.6 is 0 Å². The number of fused-ring (bicyclic) bond motifs is 1. The van der Waals surface area contributed by atoms with E-state index in [1.54, 1.807) is 0 Å². The van der Waals surface area contributed by atoms with E-state index >= 15 is 0 Å². The van der Waals surface area contributed by atoms with Crippen molar-refractivity contribution in [3.05, 3.63) is 0 Å². The van der Waals surface area contributed by atoms with Crippen molar-refractivity contribution in [3.8, 4) is 6.07 Å². The van der Waals surface area contributed by atoms with E-state index < -0.39 is 0 Å². The van der Waals surface area contributed by atoms with Gasteiger partial charge in [0.1, 0.15) is 0 Å². The minimum absolute atomic E-state index is 0.617. The topological polar surface area (TPSA) is 39.1 Å². The van der Waals surface area contributed by atoms with E-state index in [9.17, 15) is 0 Å². The Morgan fingerprint density at radius 2 is 2.38 bits per heavy atom. The summed E-state index contributed by atoms with van der Waals surface area (Å²) in [4.78, 5) is 2.36. The Hall–Kier alpha value is -0.590. The molecule has 3 unspecified atom stereocenters. The molecule has 2 heterocycles. The molecule has 3 nitrogen and oxygen atoms in total. The largest absolute Gasteiger partial charge is 0.316 e. The maximum atomic E-state index is 8.70. The molecule has 2 aliphatic rings. The van der Waals surface area contributed by atoms with Gasteiger partial charge in [-0.3, -0.25) is 4.90 Å². The molecule has 0 aliphatic carbocycles. The summed E-state index contributed by atoms with van der Waals surface area (Å²) in [6, 6.07) is 2.92. The molecule has 0 saturated carbocycles. The first kappa shape index (κ1) is 8.98. The van der Waals surface area contributed by atoms with Crippen molar-refractivity contribution >= 4 is 0 Å². The molecule has 2 aliphatic heterocycles. The van der Waals surface area contributed by atoms with E-state index in [1.807, 2.05) is 0 Å². The molecule has 0 bridgehead atoms. The summed E-state index contributed by atoms with van der Waals surface area (Å²) in [6.07, 6.45) is 1.19. The van der Waals surface area contributed by atoms with Crippen molar-refractivity contribution < 1.29 is 0 Å². The normalized spacial score (nSPS) is 38.9. The number of nitriles is 1. The summed E-state index contributed by atoms with van der Waals surface area (Å²) in [6.45, 7) is 6.29. The quantitative estimate of drug-likeness (QED) is 0.625. The van der Waals surface area contributed by atoms with Gasteiger partial charge in [-0.05, 0) is 31.3 Å². The highest BCUT2D eigenvalue weighted by Gasteiger charge is 2.42. The molecule has 0 spiro atoms. The fourth-order valence-electron chi connectivity index (χ4n) is 2.94. The van der Waals surface area contributed by atoms with Crippen LogP contribution < -0.4 is 5.32 Å². The van der Waals surface area contributed by atoms with Crippen LogP contribution in [0.1, 0.15) is 13.3 Å². The van der Waals surface area contributed by atoms with E-state index in [2.05, 4.69) is 23.2 Å². The highest BCUT2D eigenvalue weighted by atomic mass is 15.2. The summed E-state index contributed by atoms with van der Waals surface area (Å²) in [7, 11) is 0. The number of nitrogens with zero attached hydrogens (tertiary/aromatic N) is 2. The van der Waals surface area contributed by atoms with Crippen LogP contribution in [0.3, 0.4) is 0 Å². The third kappa shape index (κ3) is 1.45. The molecule has 3 atom stereocenters. The molecule has 0 aromatic heterocycles. The van der Waals surface area contributed by atoms with Gasteiger partial charge in [-0.25, -0.2) is 0 Å². The molecule has 2 saturated heterocycles. The van der Waals surface area contributed by atoms with Crippen LogP contribution in [0, 0.1) is 23.2 Å². The second kappa shape index (κ2) is 3.65. The molecule has 13 heavy (non-hydrogen) atoms. The van der Waals surface area contributed by atoms with Gasteiger partial charge in [-0.15, -0.1) is 0 Å². The van der Waals surface area contributed by atoms with Gasteiger partial charge in [-0.1, -0.05) is 6.92 Å². The van der Waals surface area contributed by atoms with Crippen molar-refractivity contribution in [1.82, 2.24) is 10.2 Å². The molecule has 0 aromatic carbocycles. The second-order valence-corrected chi connectivity index (χ2v) is 4.15. The minimum Gasteiger partial charge on any atom is -0.316 e. The summed E-state index contributed by atoms with van der Waals surface area (Å²) in [5.74, 6) is 1.61. The van der Waals surface area contributed by atoms with Gasteiger partial charge < -0.3 is 5.32 Å². The Morgan fingerprint density at radius 3 is 3.08 bits per heavy atom. The minimum atomic E-state index is 0.617.